The molecule has 0 aliphatic carbocycles. The van der Waals surface area contributed by atoms with Gasteiger partial charge in [0.1, 0.15) is 17.5 Å². The van der Waals surface area contributed by atoms with E-state index in [-0.39, 0.29) is 34.7 Å². The highest BCUT2D eigenvalue weighted by molar-refractivity contribution is 6.27. The summed E-state index contributed by atoms with van der Waals surface area (Å²) in [4.78, 5) is 29.2. The molecule has 6 nitrogen and oxygen atoms in total. The first-order valence-corrected chi connectivity index (χ1v) is 15.2. The molecule has 3 atom stereocenters. The molecule has 1 fully saturated rings. The summed E-state index contributed by atoms with van der Waals surface area (Å²) in [7, 11) is 0. The van der Waals surface area contributed by atoms with Crippen LogP contribution in [0.1, 0.15) is 65.3 Å². The zero-order valence-corrected chi connectivity index (χ0v) is 26.5. The molecular formula is C34H42ClF2N3O3. The van der Waals surface area contributed by atoms with Crippen LogP contribution in [0.25, 0.3) is 11.1 Å². The van der Waals surface area contributed by atoms with Crippen LogP contribution in [0.3, 0.4) is 0 Å². The number of nitrogens with zero attached hydrogens (tertiary/aromatic N) is 3. The van der Waals surface area contributed by atoms with E-state index in [4.69, 9.17) is 11.6 Å². The summed E-state index contributed by atoms with van der Waals surface area (Å²) in [6.07, 6.45) is 1.45. The lowest BCUT2D eigenvalue weighted by Crippen LogP contribution is -2.50. The van der Waals surface area contributed by atoms with E-state index in [1.165, 1.54) is 11.0 Å². The van der Waals surface area contributed by atoms with Gasteiger partial charge in [-0.3, -0.25) is 4.79 Å². The van der Waals surface area contributed by atoms with Crippen LogP contribution in [0.5, 0.6) is 0 Å². The summed E-state index contributed by atoms with van der Waals surface area (Å²) in [6, 6.07) is 14.2. The Labute approximate surface area is 258 Å². The monoisotopic (exact) mass is 613 g/mol. The average molecular weight is 614 g/mol. The van der Waals surface area contributed by atoms with Gasteiger partial charge in [0.15, 0.2) is 0 Å². The third kappa shape index (κ3) is 7.23. The average Bonchev–Trinajstić information content (AvgIpc) is 3.54. The molecule has 1 N–H and O–H groups in total. The number of carbonyl (C=O) groups excluding carboxylic acids is 1. The Bertz CT molecular complexity index is 1450. The van der Waals surface area contributed by atoms with Gasteiger partial charge < -0.3 is 19.5 Å². The molecule has 1 saturated heterocycles. The minimum Gasteiger partial charge on any atom is -0.465 e. The molecule has 3 aromatic rings. The van der Waals surface area contributed by atoms with Crippen molar-refractivity contribution in [1.82, 2.24) is 14.4 Å². The predicted molar refractivity (Wildman–Crippen MR) is 166 cm³/mol. The number of benzene rings is 2. The maximum atomic E-state index is 15.0. The van der Waals surface area contributed by atoms with Crippen molar-refractivity contribution in [1.29, 1.82) is 0 Å². The Hall–Kier alpha value is -3.39. The van der Waals surface area contributed by atoms with Crippen LogP contribution < -0.4 is 0 Å². The lowest BCUT2D eigenvalue weighted by atomic mass is 9.78. The molecule has 0 saturated carbocycles. The summed E-state index contributed by atoms with van der Waals surface area (Å²) < 4.78 is 31.3. The number of aromatic nitrogens is 1. The highest BCUT2D eigenvalue weighted by atomic mass is 35.5. The minimum atomic E-state index is -0.969. The van der Waals surface area contributed by atoms with E-state index in [1.54, 1.807) is 4.90 Å². The van der Waals surface area contributed by atoms with Gasteiger partial charge >= 0.3 is 6.09 Å². The Balaban J connectivity index is 1.87. The fraction of sp³-hybridized carbons (Fsp3) is 0.471. The molecule has 43 heavy (non-hydrogen) atoms. The topological polar surface area (TPSA) is 65.8 Å². The maximum absolute atomic E-state index is 15.0. The van der Waals surface area contributed by atoms with Gasteiger partial charge in [0.25, 0.3) is 0 Å². The van der Waals surface area contributed by atoms with Gasteiger partial charge in [0.2, 0.25) is 5.91 Å². The van der Waals surface area contributed by atoms with Gasteiger partial charge in [-0.15, -0.1) is 11.6 Å². The van der Waals surface area contributed by atoms with Crippen molar-refractivity contribution in [3.05, 3.63) is 83.7 Å². The summed E-state index contributed by atoms with van der Waals surface area (Å²) >= 11 is 6.23. The van der Waals surface area contributed by atoms with E-state index >= 15 is 4.39 Å². The van der Waals surface area contributed by atoms with Gasteiger partial charge in [0, 0.05) is 48.7 Å². The summed E-state index contributed by atoms with van der Waals surface area (Å²) in [5, 5.41) is 9.96. The number of hydrogen-bond donors (Lipinski definition) is 1. The number of alkyl halides is 1. The van der Waals surface area contributed by atoms with Crippen molar-refractivity contribution >= 4 is 23.6 Å². The van der Waals surface area contributed by atoms with Crippen LogP contribution in [0.4, 0.5) is 13.6 Å². The predicted octanol–water partition coefficient (Wildman–Crippen LogP) is 8.05. The number of carboxylic acid groups (broad SMARTS) is 1. The summed E-state index contributed by atoms with van der Waals surface area (Å²) in [5.41, 5.74) is 1.54. The van der Waals surface area contributed by atoms with Crippen molar-refractivity contribution in [3.8, 4) is 11.1 Å². The maximum Gasteiger partial charge on any atom is 0.407 e. The molecule has 2 unspecified atom stereocenters. The molecule has 0 radical (unpaired) electrons. The zero-order chi connectivity index (χ0) is 31.7. The number of halogens is 3. The van der Waals surface area contributed by atoms with E-state index in [2.05, 4.69) is 0 Å². The molecule has 232 valence electrons. The second kappa shape index (κ2) is 12.7. The van der Waals surface area contributed by atoms with Crippen LogP contribution in [0.2, 0.25) is 0 Å². The molecule has 0 spiro atoms. The molecule has 4 rings (SSSR count). The van der Waals surface area contributed by atoms with Gasteiger partial charge in [-0.25, -0.2) is 13.6 Å². The Kier molecular flexibility index (Phi) is 9.60. The fourth-order valence-electron chi connectivity index (χ4n) is 6.73. The van der Waals surface area contributed by atoms with Crippen LogP contribution in [0.15, 0.2) is 60.8 Å². The van der Waals surface area contributed by atoms with Gasteiger partial charge in [0.05, 0.1) is 6.04 Å². The van der Waals surface area contributed by atoms with E-state index in [9.17, 15) is 19.1 Å². The fourth-order valence-corrected chi connectivity index (χ4v) is 6.88. The SMILES string of the molecule is CC(C)(C)C1C(CN(C(=O)CCl)[C@@H](c2cc(-c3cc(F)ccc3F)cn2Cc2ccccc2)C(C)(C)C)CCN1C(=O)O. The van der Waals surface area contributed by atoms with Crippen LogP contribution in [-0.2, 0) is 11.3 Å². The van der Waals surface area contributed by atoms with Crippen molar-refractivity contribution in [2.24, 2.45) is 16.7 Å². The third-order valence-electron chi connectivity index (χ3n) is 8.30. The molecule has 0 bridgehead atoms. The van der Waals surface area contributed by atoms with Crippen molar-refractivity contribution in [3.63, 3.8) is 0 Å². The Morgan fingerprint density at radius 1 is 1.05 bits per heavy atom. The normalized spacial score (nSPS) is 18.1. The quantitative estimate of drug-likeness (QED) is 0.261. The van der Waals surface area contributed by atoms with Gasteiger partial charge in [-0.2, -0.15) is 0 Å². The second-order valence-corrected chi connectivity index (χ2v) is 13.9. The first-order valence-electron chi connectivity index (χ1n) is 14.7. The van der Waals surface area contributed by atoms with Gasteiger partial charge in [-0.1, -0.05) is 71.9 Å². The first-order chi connectivity index (χ1) is 20.1. The zero-order valence-electron chi connectivity index (χ0n) is 25.8. The number of amides is 2. The molecule has 2 heterocycles. The van der Waals surface area contributed by atoms with Crippen molar-refractivity contribution in [2.75, 3.05) is 19.0 Å². The van der Waals surface area contributed by atoms with Crippen molar-refractivity contribution < 1.29 is 23.5 Å². The van der Waals surface area contributed by atoms with Gasteiger partial charge in [-0.05, 0) is 53.0 Å². The van der Waals surface area contributed by atoms with Crippen LogP contribution >= 0.6 is 11.6 Å². The standard InChI is InChI=1S/C34H42ClF2N3O3/c1-33(2,3)30-23(14-15-39(30)32(42)43)21-40(29(41)18-35)31(34(4,5)6)28-16-24(26-17-25(36)12-13-27(26)37)20-38(28)19-22-10-8-7-9-11-22/h7-13,16-17,20,23,30-31H,14-15,18-19,21H2,1-6H3,(H,42,43)/t23?,30?,31-/m0/s1. The number of carbonyl (C=O) groups is 2. The highest BCUT2D eigenvalue weighted by Gasteiger charge is 2.47. The van der Waals surface area contributed by atoms with Crippen LogP contribution in [-0.4, -0.2) is 56.5 Å². The van der Waals surface area contributed by atoms with E-state index in [0.29, 0.717) is 31.6 Å². The lowest BCUT2D eigenvalue weighted by molar-refractivity contribution is -0.135. The summed E-state index contributed by atoms with van der Waals surface area (Å²) in [5.74, 6) is -1.72. The smallest absolute Gasteiger partial charge is 0.407 e. The second-order valence-electron chi connectivity index (χ2n) is 13.7. The molecular weight excluding hydrogens is 572 g/mol. The van der Waals surface area contributed by atoms with E-state index < -0.39 is 29.2 Å². The number of likely N-dealkylation sites (tertiary alicyclic amines) is 1. The van der Waals surface area contributed by atoms with Crippen LogP contribution in [0, 0.1) is 28.4 Å². The largest absolute Gasteiger partial charge is 0.465 e. The molecule has 2 aromatic carbocycles. The molecule has 2 amide bonds. The minimum absolute atomic E-state index is 0.120. The molecule has 1 aliphatic rings. The summed E-state index contributed by atoms with van der Waals surface area (Å²) in [6.45, 7) is 13.3. The Morgan fingerprint density at radius 2 is 1.72 bits per heavy atom. The van der Waals surface area contributed by atoms with E-state index in [1.807, 2.05) is 88.7 Å². The van der Waals surface area contributed by atoms with E-state index in [0.717, 1.165) is 23.4 Å². The third-order valence-corrected chi connectivity index (χ3v) is 8.53. The number of hydrogen-bond acceptors (Lipinski definition) is 2. The number of rotatable bonds is 8. The van der Waals surface area contributed by atoms with Crippen molar-refractivity contribution in [2.45, 2.75) is 66.6 Å². The first kappa shape index (κ1) is 32.5. The lowest BCUT2D eigenvalue weighted by Gasteiger charge is -2.44. The highest BCUT2D eigenvalue weighted by Crippen LogP contribution is 2.44. The molecule has 1 aromatic heterocycles. The molecule has 9 heteroatoms. The molecule has 1 aliphatic heterocycles. The Morgan fingerprint density at radius 3 is 2.30 bits per heavy atom.